The zero-order chi connectivity index (χ0) is 19.1. The van der Waals surface area contributed by atoms with Crippen LogP contribution in [0.3, 0.4) is 0 Å². The molecule has 0 aliphatic carbocycles. The number of anilines is 1. The van der Waals surface area contributed by atoms with Crippen molar-refractivity contribution in [3.63, 3.8) is 0 Å². The lowest BCUT2D eigenvalue weighted by atomic mass is 9.94. The van der Waals surface area contributed by atoms with E-state index in [0.717, 1.165) is 23.2 Å². The van der Waals surface area contributed by atoms with Crippen molar-refractivity contribution in [1.82, 2.24) is 0 Å². The summed E-state index contributed by atoms with van der Waals surface area (Å²) in [6, 6.07) is 27.6. The summed E-state index contributed by atoms with van der Waals surface area (Å²) < 4.78 is 6.24. The van der Waals surface area contributed by atoms with Crippen LogP contribution < -0.4 is 9.61 Å². The summed E-state index contributed by atoms with van der Waals surface area (Å²) >= 11 is 5.66. The van der Waals surface area contributed by atoms with Crippen molar-refractivity contribution < 1.29 is 4.52 Å². The minimum atomic E-state index is -1.26. The fourth-order valence-electron chi connectivity index (χ4n) is 3.94. The summed E-state index contributed by atoms with van der Waals surface area (Å²) in [4.78, 5) is 0. The lowest BCUT2D eigenvalue weighted by Crippen LogP contribution is -1.96. The Hall–Kier alpha value is -2.74. The molecule has 0 bridgehead atoms. The summed E-state index contributed by atoms with van der Waals surface area (Å²) in [7, 11) is -1.26. The first-order valence-electron chi connectivity index (χ1n) is 9.41. The molecule has 0 amide bonds. The van der Waals surface area contributed by atoms with Crippen LogP contribution >= 0.6 is 7.07 Å². The minimum absolute atomic E-state index is 0.841. The van der Waals surface area contributed by atoms with Gasteiger partial charge in [-0.15, -0.1) is 0 Å². The van der Waals surface area contributed by atoms with E-state index in [4.69, 9.17) is 16.3 Å². The van der Waals surface area contributed by atoms with E-state index in [1.165, 1.54) is 32.5 Å². The average molecular weight is 400 g/mol. The Morgan fingerprint density at radius 1 is 0.786 bits per heavy atom. The minimum Gasteiger partial charge on any atom is -0.255 e. The Morgan fingerprint density at radius 3 is 2.25 bits per heavy atom. The molecule has 0 heterocycles. The molecule has 5 rings (SSSR count). The summed E-state index contributed by atoms with van der Waals surface area (Å²) in [6.45, 7) is 2.15. The standard InChI is InChI=1S/C24H19NOPS/c1-2-16-6-3-4-9-21(16)25-27(28)26-22-15-13-19-11-10-17-7-5-8-18-12-14-20(22)24(19)23(17)18/h3-15H,2H2,1H3,(H,25,28)/q+1. The Labute approximate surface area is 170 Å². The third-order valence-electron chi connectivity index (χ3n) is 5.28. The molecule has 0 saturated carbocycles. The van der Waals surface area contributed by atoms with E-state index in [9.17, 15) is 0 Å². The van der Waals surface area contributed by atoms with Gasteiger partial charge in [0.25, 0.3) is 0 Å². The van der Waals surface area contributed by atoms with E-state index in [1.807, 2.05) is 12.1 Å². The molecule has 5 aromatic rings. The van der Waals surface area contributed by atoms with Crippen molar-refractivity contribution in [3.05, 3.63) is 84.4 Å². The second kappa shape index (κ2) is 7.01. The normalized spacial score (nSPS) is 12.0. The SMILES string of the molecule is CCc1ccccc1N[P+](=S)Oc1ccc2ccc3cccc4ccc1c2c34. The summed E-state index contributed by atoms with van der Waals surface area (Å²) in [6.07, 6.45) is 0.959. The van der Waals surface area contributed by atoms with Gasteiger partial charge in [0.05, 0.1) is 5.69 Å². The third-order valence-corrected chi connectivity index (χ3v) is 6.56. The van der Waals surface area contributed by atoms with E-state index in [0.29, 0.717) is 0 Å². The van der Waals surface area contributed by atoms with Gasteiger partial charge in [-0.25, -0.2) is 0 Å². The number of nitrogens with one attached hydrogen (secondary N) is 1. The van der Waals surface area contributed by atoms with E-state index in [1.54, 1.807) is 0 Å². The second-order valence-corrected chi connectivity index (χ2v) is 8.81. The molecule has 0 radical (unpaired) electrons. The van der Waals surface area contributed by atoms with Crippen LogP contribution in [0.2, 0.25) is 0 Å². The zero-order valence-corrected chi connectivity index (χ0v) is 17.2. The number of benzene rings is 5. The van der Waals surface area contributed by atoms with Crippen LogP contribution in [0.15, 0.2) is 78.9 Å². The molecule has 136 valence electrons. The topological polar surface area (TPSA) is 21.3 Å². The lowest BCUT2D eigenvalue weighted by Gasteiger charge is -2.11. The van der Waals surface area contributed by atoms with Crippen molar-refractivity contribution >= 4 is 56.9 Å². The van der Waals surface area contributed by atoms with E-state index >= 15 is 0 Å². The maximum atomic E-state index is 6.24. The van der Waals surface area contributed by atoms with Gasteiger partial charge in [0.1, 0.15) is 0 Å². The third kappa shape index (κ3) is 2.88. The van der Waals surface area contributed by atoms with Crippen molar-refractivity contribution in [2.75, 3.05) is 5.09 Å². The highest BCUT2D eigenvalue weighted by Crippen LogP contribution is 2.41. The largest absolute Gasteiger partial charge is 0.520 e. The molecule has 1 atom stereocenters. The summed E-state index contributed by atoms with van der Waals surface area (Å²) in [5.41, 5.74) is 2.31. The monoisotopic (exact) mass is 400 g/mol. The van der Waals surface area contributed by atoms with Crippen molar-refractivity contribution in [2.24, 2.45) is 0 Å². The van der Waals surface area contributed by atoms with E-state index in [-0.39, 0.29) is 0 Å². The molecule has 1 N–H and O–H groups in total. The highest BCUT2D eigenvalue weighted by atomic mass is 32.4. The predicted molar refractivity (Wildman–Crippen MR) is 125 cm³/mol. The van der Waals surface area contributed by atoms with Crippen LogP contribution in [-0.2, 0) is 18.2 Å². The molecule has 28 heavy (non-hydrogen) atoms. The molecular weight excluding hydrogens is 381 g/mol. The molecule has 5 aromatic carbocycles. The quantitative estimate of drug-likeness (QED) is 0.245. The van der Waals surface area contributed by atoms with Crippen LogP contribution in [-0.4, -0.2) is 0 Å². The lowest BCUT2D eigenvalue weighted by molar-refractivity contribution is 0.641. The van der Waals surface area contributed by atoms with E-state index in [2.05, 4.69) is 78.7 Å². The number of rotatable bonds is 5. The second-order valence-electron chi connectivity index (χ2n) is 6.89. The fourth-order valence-corrected chi connectivity index (χ4v) is 5.27. The highest BCUT2D eigenvalue weighted by Gasteiger charge is 2.19. The number of aryl methyl sites for hydroxylation is 1. The zero-order valence-electron chi connectivity index (χ0n) is 15.5. The first-order valence-corrected chi connectivity index (χ1v) is 11.7. The maximum Gasteiger partial charge on any atom is 0.520 e. The summed E-state index contributed by atoms with van der Waals surface area (Å²) in [5.74, 6) is 0.841. The van der Waals surface area contributed by atoms with Crippen LogP contribution in [0, 0.1) is 0 Å². The predicted octanol–water partition coefficient (Wildman–Crippen LogP) is 7.41. The van der Waals surface area contributed by atoms with Gasteiger partial charge in [0, 0.05) is 10.8 Å². The molecule has 0 aliphatic heterocycles. The van der Waals surface area contributed by atoms with Crippen molar-refractivity contribution in [1.29, 1.82) is 0 Å². The smallest absolute Gasteiger partial charge is 0.255 e. The molecule has 1 unspecified atom stereocenters. The van der Waals surface area contributed by atoms with Crippen LogP contribution in [0.25, 0.3) is 32.3 Å². The molecule has 0 fully saturated rings. The van der Waals surface area contributed by atoms with Gasteiger partial charge >= 0.3 is 7.07 Å². The fraction of sp³-hybridized carbons (Fsp3) is 0.0833. The number of hydrogen-bond donors (Lipinski definition) is 1. The molecule has 4 heteroatoms. The van der Waals surface area contributed by atoms with Crippen LogP contribution in [0.4, 0.5) is 5.69 Å². The molecule has 0 spiro atoms. The van der Waals surface area contributed by atoms with Crippen molar-refractivity contribution in [2.45, 2.75) is 13.3 Å². The highest BCUT2D eigenvalue weighted by molar-refractivity contribution is 8.03. The molecular formula is C24H19NOPS+. The average Bonchev–Trinajstić information content (AvgIpc) is 2.73. The Bertz CT molecular complexity index is 1310. The number of hydrogen-bond acceptors (Lipinski definition) is 2. The van der Waals surface area contributed by atoms with Crippen molar-refractivity contribution in [3.8, 4) is 5.75 Å². The van der Waals surface area contributed by atoms with Gasteiger partial charge in [-0.3, -0.25) is 4.52 Å². The van der Waals surface area contributed by atoms with Crippen LogP contribution in [0.1, 0.15) is 12.5 Å². The maximum absolute atomic E-state index is 6.24. The van der Waals surface area contributed by atoms with Gasteiger partial charge in [0.15, 0.2) is 5.75 Å². The van der Waals surface area contributed by atoms with Gasteiger partial charge in [0.2, 0.25) is 11.8 Å². The molecule has 0 saturated heterocycles. The molecule has 2 nitrogen and oxygen atoms in total. The number of para-hydroxylation sites is 1. The molecule has 0 aliphatic rings. The van der Waals surface area contributed by atoms with Gasteiger partial charge in [-0.2, -0.15) is 5.09 Å². The van der Waals surface area contributed by atoms with E-state index < -0.39 is 7.07 Å². The first kappa shape index (κ1) is 17.4. The Kier molecular flexibility index (Phi) is 4.35. The Morgan fingerprint density at radius 2 is 1.46 bits per heavy atom. The summed E-state index contributed by atoms with van der Waals surface area (Å²) in [5, 5.41) is 10.8. The first-order chi connectivity index (χ1) is 13.7. The van der Waals surface area contributed by atoms with Crippen LogP contribution in [0.5, 0.6) is 5.75 Å². The Balaban J connectivity index is 1.56. The molecule has 0 aromatic heterocycles. The van der Waals surface area contributed by atoms with Gasteiger partial charge < -0.3 is 0 Å². The van der Waals surface area contributed by atoms with Gasteiger partial charge in [-0.05, 0) is 51.7 Å². The van der Waals surface area contributed by atoms with Gasteiger partial charge in [-0.1, -0.05) is 67.6 Å².